The highest BCUT2D eigenvalue weighted by Crippen LogP contribution is 2.14. The zero-order valence-electron chi connectivity index (χ0n) is 13.6. The molecular weight excluding hydrogens is 294 g/mol. The van der Waals surface area contributed by atoms with Crippen LogP contribution in [0.1, 0.15) is 41.5 Å². The minimum Gasteiger partial charge on any atom is -0.373 e. The number of carbonyl (C=O) groups excluding carboxylic acids is 1. The van der Waals surface area contributed by atoms with E-state index in [1.54, 1.807) is 0 Å². The van der Waals surface area contributed by atoms with Crippen LogP contribution in [0.5, 0.6) is 0 Å². The topological polar surface area (TPSA) is 87.7 Å². The molecule has 0 saturated carbocycles. The first-order valence-corrected chi connectivity index (χ1v) is 8.59. The molecule has 2 N–H and O–H groups in total. The van der Waals surface area contributed by atoms with Gasteiger partial charge in [-0.25, -0.2) is 0 Å². The minimum absolute atomic E-state index is 0.163. The van der Waals surface area contributed by atoms with E-state index < -0.39 is 21.8 Å². The molecule has 0 aromatic carbocycles. The highest BCUT2D eigenvalue weighted by atomic mass is 32.2. The summed E-state index contributed by atoms with van der Waals surface area (Å²) in [6, 6.07) is -0.831. The molecule has 7 nitrogen and oxygen atoms in total. The van der Waals surface area contributed by atoms with Gasteiger partial charge in [0.05, 0.1) is 18.2 Å². The van der Waals surface area contributed by atoms with Crippen molar-refractivity contribution in [2.24, 2.45) is 0 Å². The van der Waals surface area contributed by atoms with Gasteiger partial charge in [0.15, 0.2) is 0 Å². The second-order valence-corrected chi connectivity index (χ2v) is 8.36. The van der Waals surface area contributed by atoms with Crippen LogP contribution in [0.15, 0.2) is 0 Å². The Labute approximate surface area is 127 Å². The molecule has 0 aromatic heterocycles. The van der Waals surface area contributed by atoms with Crippen LogP contribution in [0.4, 0.5) is 0 Å². The molecule has 1 heterocycles. The number of rotatable bonds is 4. The van der Waals surface area contributed by atoms with E-state index in [1.807, 2.05) is 34.6 Å². The number of nitrogens with zero attached hydrogens (tertiary/aromatic N) is 1. The zero-order valence-corrected chi connectivity index (χ0v) is 14.5. The molecule has 1 aliphatic rings. The Morgan fingerprint density at radius 3 is 2.14 bits per heavy atom. The van der Waals surface area contributed by atoms with Gasteiger partial charge in [-0.05, 0) is 41.5 Å². The van der Waals surface area contributed by atoms with Crippen molar-refractivity contribution >= 4 is 16.1 Å². The smallest absolute Gasteiger partial charge is 0.280 e. The summed E-state index contributed by atoms with van der Waals surface area (Å²) in [5.41, 5.74) is -0.404. The van der Waals surface area contributed by atoms with Gasteiger partial charge in [0.25, 0.3) is 10.2 Å². The van der Waals surface area contributed by atoms with Crippen LogP contribution in [0.25, 0.3) is 0 Å². The van der Waals surface area contributed by atoms with E-state index in [2.05, 4.69) is 10.0 Å². The predicted molar refractivity (Wildman–Crippen MR) is 81.0 cm³/mol. The first kappa shape index (κ1) is 18.3. The van der Waals surface area contributed by atoms with Crippen LogP contribution >= 0.6 is 0 Å². The van der Waals surface area contributed by atoms with Crippen LogP contribution in [0.2, 0.25) is 0 Å². The Morgan fingerprint density at radius 1 is 1.24 bits per heavy atom. The quantitative estimate of drug-likeness (QED) is 0.776. The van der Waals surface area contributed by atoms with Crippen molar-refractivity contribution in [3.63, 3.8) is 0 Å². The number of nitrogens with one attached hydrogen (secondary N) is 2. The molecule has 8 heteroatoms. The van der Waals surface area contributed by atoms with Crippen LogP contribution in [0.3, 0.4) is 0 Å². The Morgan fingerprint density at radius 2 is 1.71 bits per heavy atom. The molecule has 0 aromatic rings. The number of ether oxygens (including phenoxy) is 1. The van der Waals surface area contributed by atoms with Gasteiger partial charge in [0, 0.05) is 18.6 Å². The minimum atomic E-state index is -3.71. The maximum Gasteiger partial charge on any atom is 0.280 e. The molecule has 0 radical (unpaired) electrons. The molecular formula is C13H27N3O4S. The second-order valence-electron chi connectivity index (χ2n) is 6.66. The number of hydrogen-bond acceptors (Lipinski definition) is 4. The molecule has 3 unspecified atom stereocenters. The summed E-state index contributed by atoms with van der Waals surface area (Å²) in [6.07, 6.45) is -0.326. The van der Waals surface area contributed by atoms with Crippen molar-refractivity contribution in [2.75, 3.05) is 13.1 Å². The van der Waals surface area contributed by atoms with Crippen molar-refractivity contribution in [2.45, 2.75) is 65.3 Å². The van der Waals surface area contributed by atoms with Gasteiger partial charge < -0.3 is 10.1 Å². The highest BCUT2D eigenvalue weighted by Gasteiger charge is 2.33. The SMILES string of the molecule is CC1CN(S(=O)(=O)NC(C)C(=O)NC(C)(C)C)CC(C)O1. The second kappa shape index (κ2) is 6.60. The van der Waals surface area contributed by atoms with Gasteiger partial charge in [-0.3, -0.25) is 4.79 Å². The van der Waals surface area contributed by atoms with Crippen molar-refractivity contribution in [1.82, 2.24) is 14.3 Å². The van der Waals surface area contributed by atoms with Crippen LogP contribution in [-0.4, -0.2) is 55.5 Å². The monoisotopic (exact) mass is 321 g/mol. The lowest BCUT2D eigenvalue weighted by molar-refractivity contribution is -0.123. The first-order valence-electron chi connectivity index (χ1n) is 7.15. The molecule has 0 spiro atoms. The largest absolute Gasteiger partial charge is 0.373 e. The molecule has 1 saturated heterocycles. The Balaban J connectivity index is 2.69. The Kier molecular flexibility index (Phi) is 5.76. The predicted octanol–water partition coefficient (Wildman–Crippen LogP) is 0.233. The summed E-state index contributed by atoms with van der Waals surface area (Å²) >= 11 is 0. The van der Waals surface area contributed by atoms with Crippen molar-refractivity contribution < 1.29 is 17.9 Å². The third-order valence-electron chi connectivity index (χ3n) is 2.94. The average Bonchev–Trinajstić information content (AvgIpc) is 2.24. The maximum atomic E-state index is 12.3. The molecule has 21 heavy (non-hydrogen) atoms. The van der Waals surface area contributed by atoms with E-state index >= 15 is 0 Å². The summed E-state index contributed by atoms with van der Waals surface area (Å²) in [6.45, 7) is 11.3. The van der Waals surface area contributed by atoms with Gasteiger partial charge in [0.2, 0.25) is 5.91 Å². The first-order chi connectivity index (χ1) is 9.40. The fraction of sp³-hybridized carbons (Fsp3) is 0.923. The van der Waals surface area contributed by atoms with Gasteiger partial charge in [0.1, 0.15) is 0 Å². The standard InChI is InChI=1S/C13H27N3O4S/c1-9-7-16(8-10(2)20-9)21(18,19)15-11(3)12(17)14-13(4,5)6/h9-11,15H,7-8H2,1-6H3,(H,14,17). The van der Waals surface area contributed by atoms with Crippen LogP contribution in [0, 0.1) is 0 Å². The molecule has 1 fully saturated rings. The van der Waals surface area contributed by atoms with E-state index in [4.69, 9.17) is 4.74 Å². The van der Waals surface area contributed by atoms with Gasteiger partial charge >= 0.3 is 0 Å². The lowest BCUT2D eigenvalue weighted by Crippen LogP contribution is -2.56. The number of amides is 1. The van der Waals surface area contributed by atoms with E-state index in [0.29, 0.717) is 0 Å². The summed E-state index contributed by atoms with van der Waals surface area (Å²) in [4.78, 5) is 12.0. The highest BCUT2D eigenvalue weighted by molar-refractivity contribution is 7.87. The van der Waals surface area contributed by atoms with E-state index in [1.165, 1.54) is 11.2 Å². The van der Waals surface area contributed by atoms with Gasteiger partial charge in [-0.15, -0.1) is 0 Å². The van der Waals surface area contributed by atoms with Gasteiger partial charge in [-0.1, -0.05) is 0 Å². The average molecular weight is 321 g/mol. The summed E-state index contributed by atoms with van der Waals surface area (Å²) < 4.78 is 33.9. The van der Waals surface area contributed by atoms with Crippen LogP contribution < -0.4 is 10.0 Å². The molecule has 3 atom stereocenters. The van der Waals surface area contributed by atoms with E-state index in [-0.39, 0.29) is 31.2 Å². The maximum absolute atomic E-state index is 12.3. The van der Waals surface area contributed by atoms with E-state index in [0.717, 1.165) is 0 Å². The lowest BCUT2D eigenvalue weighted by atomic mass is 10.1. The lowest BCUT2D eigenvalue weighted by Gasteiger charge is -2.35. The Hall–Kier alpha value is -0.700. The molecule has 0 bridgehead atoms. The third kappa shape index (κ3) is 5.90. The normalized spacial score (nSPS) is 26.4. The third-order valence-corrected chi connectivity index (χ3v) is 4.57. The summed E-state index contributed by atoms with van der Waals surface area (Å²) in [5, 5.41) is 2.75. The molecule has 1 rings (SSSR count). The number of carbonyl (C=O) groups is 1. The molecule has 1 amide bonds. The summed E-state index contributed by atoms with van der Waals surface area (Å²) in [5.74, 6) is -0.347. The van der Waals surface area contributed by atoms with Crippen molar-refractivity contribution in [3.05, 3.63) is 0 Å². The molecule has 1 aliphatic heterocycles. The fourth-order valence-electron chi connectivity index (χ4n) is 2.16. The zero-order chi connectivity index (χ0) is 16.4. The molecule has 124 valence electrons. The van der Waals surface area contributed by atoms with Crippen molar-refractivity contribution in [1.29, 1.82) is 0 Å². The van der Waals surface area contributed by atoms with E-state index in [9.17, 15) is 13.2 Å². The van der Waals surface area contributed by atoms with Crippen LogP contribution in [-0.2, 0) is 19.7 Å². The number of morpholine rings is 1. The summed E-state index contributed by atoms with van der Waals surface area (Å²) in [7, 11) is -3.71. The fourth-order valence-corrected chi connectivity index (χ4v) is 3.67. The van der Waals surface area contributed by atoms with Crippen molar-refractivity contribution in [3.8, 4) is 0 Å². The molecule has 0 aliphatic carbocycles. The van der Waals surface area contributed by atoms with Gasteiger partial charge in [-0.2, -0.15) is 17.4 Å². The number of hydrogen-bond donors (Lipinski definition) is 2. The Bertz CT molecular complexity index is 462.